The van der Waals surface area contributed by atoms with Gasteiger partial charge < -0.3 is 14.4 Å². The molecule has 2 heterocycles. The van der Waals surface area contributed by atoms with Crippen LogP contribution in [0.5, 0.6) is 0 Å². The van der Waals surface area contributed by atoms with Crippen LogP contribution in [0.2, 0.25) is 0 Å². The minimum absolute atomic E-state index is 0.0762. The molecule has 31 heavy (non-hydrogen) atoms. The number of para-hydroxylation sites is 1. The topological polar surface area (TPSA) is 62.6 Å². The number of benzene rings is 1. The number of hydrogen-bond donors (Lipinski definition) is 0. The van der Waals surface area contributed by atoms with E-state index in [1.807, 2.05) is 33.7 Å². The molecule has 166 valence electrons. The molecule has 1 saturated heterocycles. The first-order valence-corrected chi connectivity index (χ1v) is 11.7. The van der Waals surface area contributed by atoms with Gasteiger partial charge in [-0.2, -0.15) is 0 Å². The second-order valence-corrected chi connectivity index (χ2v) is 9.02. The summed E-state index contributed by atoms with van der Waals surface area (Å²) in [6.45, 7) is 1.80. The van der Waals surface area contributed by atoms with E-state index in [1.54, 1.807) is 18.1 Å². The summed E-state index contributed by atoms with van der Waals surface area (Å²) in [5.41, 5.74) is 1.22. The molecule has 0 N–H and O–H groups in total. The number of nitrogens with zero attached hydrogens (tertiary/aromatic N) is 3. The van der Waals surface area contributed by atoms with Gasteiger partial charge >= 0.3 is 0 Å². The summed E-state index contributed by atoms with van der Waals surface area (Å²) in [6.07, 6.45) is 11.5. The molecule has 1 aromatic carbocycles. The monoisotopic (exact) mass is 423 g/mol. The van der Waals surface area contributed by atoms with E-state index in [0.29, 0.717) is 5.56 Å². The van der Waals surface area contributed by atoms with E-state index in [9.17, 15) is 14.4 Å². The Morgan fingerprint density at radius 3 is 2.29 bits per heavy atom. The first kappa shape index (κ1) is 21.6. The Morgan fingerprint density at radius 1 is 0.935 bits per heavy atom. The summed E-state index contributed by atoms with van der Waals surface area (Å²) in [6, 6.07) is 7.69. The maximum Gasteiger partial charge on any atom is 0.295 e. The highest BCUT2D eigenvalue weighted by atomic mass is 16.2. The Morgan fingerprint density at radius 2 is 1.58 bits per heavy atom. The fraction of sp³-hybridized carbons (Fsp3) is 0.560. The van der Waals surface area contributed by atoms with Gasteiger partial charge in [-0.05, 0) is 31.7 Å². The number of rotatable bonds is 5. The number of carbonyl (C=O) groups excluding carboxylic acids is 3. The van der Waals surface area contributed by atoms with Crippen molar-refractivity contribution >= 4 is 28.5 Å². The van der Waals surface area contributed by atoms with Crippen LogP contribution < -0.4 is 0 Å². The van der Waals surface area contributed by atoms with Crippen LogP contribution in [-0.4, -0.2) is 58.1 Å². The highest BCUT2D eigenvalue weighted by molar-refractivity contribution is 6.44. The predicted octanol–water partition coefficient (Wildman–Crippen LogP) is 4.02. The highest BCUT2D eigenvalue weighted by Gasteiger charge is 2.29. The van der Waals surface area contributed by atoms with Crippen molar-refractivity contribution in [3.63, 3.8) is 0 Å². The third kappa shape index (κ3) is 4.68. The smallest absolute Gasteiger partial charge is 0.295 e. The molecule has 1 saturated carbocycles. The Kier molecular flexibility index (Phi) is 6.73. The minimum atomic E-state index is -0.481. The average Bonchev–Trinajstić information content (AvgIpc) is 2.97. The number of Topliss-reactive ketones (excluding diaryl/α,β-unsaturated/α-hetero) is 1. The number of carbonyl (C=O) groups is 3. The molecule has 6 nitrogen and oxygen atoms in total. The molecule has 2 fully saturated rings. The van der Waals surface area contributed by atoms with Crippen molar-refractivity contribution in [3.8, 4) is 0 Å². The van der Waals surface area contributed by atoms with E-state index in [1.165, 1.54) is 19.3 Å². The van der Waals surface area contributed by atoms with Gasteiger partial charge in [-0.25, -0.2) is 0 Å². The number of likely N-dealkylation sites (N-methyl/N-ethyl adjacent to an activating group) is 1. The maximum atomic E-state index is 13.2. The summed E-state index contributed by atoms with van der Waals surface area (Å²) in [5, 5.41) is 0.738. The first-order chi connectivity index (χ1) is 15.1. The van der Waals surface area contributed by atoms with Crippen LogP contribution in [0.15, 0.2) is 30.5 Å². The molecule has 6 heteroatoms. The molecular weight excluding hydrogens is 390 g/mol. The van der Waals surface area contributed by atoms with Gasteiger partial charge in [0.2, 0.25) is 5.91 Å². The lowest BCUT2D eigenvalue weighted by atomic mass is 9.94. The molecule has 1 aliphatic heterocycles. The molecule has 0 bridgehead atoms. The molecule has 1 aromatic heterocycles. The third-order valence-electron chi connectivity index (χ3n) is 6.93. The van der Waals surface area contributed by atoms with Gasteiger partial charge in [0, 0.05) is 43.3 Å². The zero-order valence-electron chi connectivity index (χ0n) is 18.5. The van der Waals surface area contributed by atoms with Gasteiger partial charge in [0.15, 0.2) is 0 Å². The molecule has 0 unspecified atom stereocenters. The summed E-state index contributed by atoms with van der Waals surface area (Å²) < 4.78 is 1.84. The molecule has 4 rings (SSSR count). The van der Waals surface area contributed by atoms with E-state index in [4.69, 9.17) is 0 Å². The normalized spacial score (nSPS) is 18.0. The second-order valence-electron chi connectivity index (χ2n) is 9.02. The van der Waals surface area contributed by atoms with E-state index in [-0.39, 0.29) is 18.5 Å². The average molecular weight is 424 g/mol. The van der Waals surface area contributed by atoms with Gasteiger partial charge in [0.05, 0.1) is 5.56 Å². The lowest BCUT2D eigenvalue weighted by molar-refractivity contribution is -0.131. The van der Waals surface area contributed by atoms with Crippen LogP contribution in [0.1, 0.15) is 68.1 Å². The van der Waals surface area contributed by atoms with E-state index < -0.39 is 11.7 Å². The Bertz CT molecular complexity index is 950. The quantitative estimate of drug-likeness (QED) is 0.539. The molecule has 2 amide bonds. The van der Waals surface area contributed by atoms with Crippen molar-refractivity contribution in [3.05, 3.63) is 36.0 Å². The minimum Gasteiger partial charge on any atom is -0.341 e. The van der Waals surface area contributed by atoms with Gasteiger partial charge in [0.1, 0.15) is 6.54 Å². The van der Waals surface area contributed by atoms with Crippen LogP contribution in [0.25, 0.3) is 10.9 Å². The van der Waals surface area contributed by atoms with E-state index in [2.05, 4.69) is 0 Å². The number of fused-ring (bicyclic) bond motifs is 1. The molecule has 1 aliphatic carbocycles. The van der Waals surface area contributed by atoms with E-state index >= 15 is 0 Å². The van der Waals surface area contributed by atoms with Crippen LogP contribution in [0, 0.1) is 0 Å². The van der Waals surface area contributed by atoms with Gasteiger partial charge in [-0.3, -0.25) is 14.4 Å². The van der Waals surface area contributed by atoms with Crippen molar-refractivity contribution in [2.45, 2.75) is 70.4 Å². The molecule has 2 aliphatic rings. The number of ketones is 1. The second kappa shape index (κ2) is 9.67. The van der Waals surface area contributed by atoms with Crippen molar-refractivity contribution < 1.29 is 14.4 Å². The summed E-state index contributed by atoms with van der Waals surface area (Å²) in [7, 11) is 1.75. The Labute approximate surface area is 184 Å². The molecule has 2 aromatic rings. The number of hydrogen-bond acceptors (Lipinski definition) is 3. The van der Waals surface area contributed by atoms with E-state index in [0.717, 1.165) is 62.5 Å². The predicted molar refractivity (Wildman–Crippen MR) is 121 cm³/mol. The van der Waals surface area contributed by atoms with Gasteiger partial charge in [-0.1, -0.05) is 50.3 Å². The highest BCUT2D eigenvalue weighted by Crippen LogP contribution is 2.25. The molecule has 0 radical (unpaired) electrons. The standard InChI is InChI=1S/C25H33N3O3/c1-26(19-11-5-4-6-12-19)25(31)24(30)21-17-28(22-14-8-7-13-20(21)22)18-23(29)27-15-9-2-3-10-16-27/h7-8,13-14,17,19H,2-6,9-12,15-16,18H2,1H3. The zero-order chi connectivity index (χ0) is 21.8. The fourth-order valence-corrected chi connectivity index (χ4v) is 5.03. The van der Waals surface area contributed by atoms with Crippen molar-refractivity contribution in [2.24, 2.45) is 0 Å². The zero-order valence-corrected chi connectivity index (χ0v) is 18.5. The number of aromatic nitrogens is 1. The van der Waals surface area contributed by atoms with Crippen molar-refractivity contribution in [1.82, 2.24) is 14.4 Å². The molecular formula is C25H33N3O3. The maximum absolute atomic E-state index is 13.2. The Balaban J connectivity index is 1.56. The van der Waals surface area contributed by atoms with Crippen LogP contribution >= 0.6 is 0 Å². The van der Waals surface area contributed by atoms with Crippen molar-refractivity contribution in [2.75, 3.05) is 20.1 Å². The molecule has 0 spiro atoms. The Hall–Kier alpha value is -2.63. The van der Waals surface area contributed by atoms with Gasteiger partial charge in [0.25, 0.3) is 11.7 Å². The SMILES string of the molecule is CN(C(=O)C(=O)c1cn(CC(=O)N2CCCCCC2)c2ccccc12)C1CCCCC1. The van der Waals surface area contributed by atoms with Gasteiger partial charge in [-0.15, -0.1) is 0 Å². The number of amides is 2. The third-order valence-corrected chi connectivity index (χ3v) is 6.93. The van der Waals surface area contributed by atoms with Crippen molar-refractivity contribution in [1.29, 1.82) is 0 Å². The largest absolute Gasteiger partial charge is 0.341 e. The summed E-state index contributed by atoms with van der Waals surface area (Å²) >= 11 is 0. The van der Waals surface area contributed by atoms with Crippen LogP contribution in [-0.2, 0) is 16.1 Å². The lowest BCUT2D eigenvalue weighted by Gasteiger charge is -2.30. The van der Waals surface area contributed by atoms with Crippen LogP contribution in [0.4, 0.5) is 0 Å². The fourth-order valence-electron chi connectivity index (χ4n) is 5.03. The van der Waals surface area contributed by atoms with Crippen LogP contribution in [0.3, 0.4) is 0 Å². The first-order valence-electron chi connectivity index (χ1n) is 11.7. The summed E-state index contributed by atoms with van der Waals surface area (Å²) in [4.78, 5) is 42.7. The summed E-state index contributed by atoms with van der Waals surface area (Å²) in [5.74, 6) is -0.855. The lowest BCUT2D eigenvalue weighted by Crippen LogP contribution is -2.42. The molecule has 0 atom stereocenters. The number of likely N-dealkylation sites (tertiary alicyclic amines) is 1.